The lowest BCUT2D eigenvalue weighted by atomic mass is 10.1. The molecule has 4 rings (SSSR count). The van der Waals surface area contributed by atoms with E-state index in [0.29, 0.717) is 28.7 Å². The van der Waals surface area contributed by atoms with Crippen LogP contribution in [0.25, 0.3) is 0 Å². The Kier molecular flexibility index (Phi) is 4.87. The SMILES string of the molecule is Cc1ccccc1N1CC(c2nnc(NC(=O)c3ccc(F)cc3)s2)CC1=O. The van der Waals surface area contributed by atoms with E-state index < -0.39 is 5.82 Å². The van der Waals surface area contributed by atoms with Crippen LogP contribution in [0.5, 0.6) is 0 Å². The number of aryl methyl sites for hydroxylation is 1. The van der Waals surface area contributed by atoms with E-state index in [-0.39, 0.29) is 17.7 Å². The first-order chi connectivity index (χ1) is 13.5. The summed E-state index contributed by atoms with van der Waals surface area (Å²) in [6.45, 7) is 2.51. The minimum atomic E-state index is -0.404. The standard InChI is InChI=1S/C20H17FN4O2S/c1-12-4-2-3-5-16(12)25-11-14(10-17(25)26)19-23-24-20(28-19)22-18(27)13-6-8-15(21)9-7-13/h2-9,14H,10-11H2,1H3,(H,22,24,27). The number of anilines is 2. The monoisotopic (exact) mass is 396 g/mol. The number of carbonyl (C=O) groups excluding carboxylic acids is 2. The maximum Gasteiger partial charge on any atom is 0.257 e. The summed E-state index contributed by atoms with van der Waals surface area (Å²) in [6, 6.07) is 13.0. The normalized spacial score (nSPS) is 16.4. The number of nitrogens with one attached hydrogen (secondary N) is 1. The van der Waals surface area contributed by atoms with Crippen molar-refractivity contribution in [3.8, 4) is 0 Å². The van der Waals surface area contributed by atoms with Crippen molar-refractivity contribution in [1.29, 1.82) is 0 Å². The highest BCUT2D eigenvalue weighted by molar-refractivity contribution is 7.15. The quantitative estimate of drug-likeness (QED) is 0.729. The molecule has 142 valence electrons. The fraction of sp³-hybridized carbons (Fsp3) is 0.200. The van der Waals surface area contributed by atoms with E-state index in [4.69, 9.17) is 0 Å². The van der Waals surface area contributed by atoms with E-state index in [1.54, 1.807) is 4.90 Å². The van der Waals surface area contributed by atoms with Gasteiger partial charge in [0.2, 0.25) is 11.0 Å². The number of carbonyl (C=O) groups is 2. The van der Waals surface area contributed by atoms with E-state index in [1.807, 2.05) is 31.2 Å². The van der Waals surface area contributed by atoms with Gasteiger partial charge in [-0.1, -0.05) is 29.5 Å². The van der Waals surface area contributed by atoms with Gasteiger partial charge in [-0.3, -0.25) is 14.9 Å². The maximum atomic E-state index is 13.0. The summed E-state index contributed by atoms with van der Waals surface area (Å²) in [5.41, 5.74) is 2.28. The Labute approximate surface area is 165 Å². The molecule has 0 aliphatic carbocycles. The Hall–Kier alpha value is -3.13. The first kappa shape index (κ1) is 18.2. The molecule has 6 nitrogen and oxygen atoms in total. The van der Waals surface area contributed by atoms with Gasteiger partial charge >= 0.3 is 0 Å². The average molecular weight is 396 g/mol. The number of rotatable bonds is 4. The maximum absolute atomic E-state index is 13.0. The van der Waals surface area contributed by atoms with Gasteiger partial charge in [0.25, 0.3) is 5.91 Å². The number of hydrogen-bond acceptors (Lipinski definition) is 5. The minimum absolute atomic E-state index is 0.0476. The van der Waals surface area contributed by atoms with Crippen LogP contribution in [0.2, 0.25) is 0 Å². The third-order valence-corrected chi connectivity index (χ3v) is 5.65. The first-order valence-electron chi connectivity index (χ1n) is 8.77. The molecule has 0 bridgehead atoms. The van der Waals surface area contributed by atoms with E-state index in [1.165, 1.54) is 35.6 Å². The van der Waals surface area contributed by atoms with Gasteiger partial charge in [0.15, 0.2) is 0 Å². The van der Waals surface area contributed by atoms with Crippen molar-refractivity contribution in [2.75, 3.05) is 16.8 Å². The molecule has 3 aromatic rings. The lowest BCUT2D eigenvalue weighted by molar-refractivity contribution is -0.117. The van der Waals surface area contributed by atoms with E-state index in [9.17, 15) is 14.0 Å². The Balaban J connectivity index is 1.46. The summed E-state index contributed by atoms with van der Waals surface area (Å²) >= 11 is 1.25. The highest BCUT2D eigenvalue weighted by Crippen LogP contribution is 2.35. The molecule has 2 aromatic carbocycles. The highest BCUT2D eigenvalue weighted by atomic mass is 32.1. The van der Waals surface area contributed by atoms with Gasteiger partial charge in [-0.25, -0.2) is 4.39 Å². The average Bonchev–Trinajstić information content (AvgIpc) is 3.29. The van der Waals surface area contributed by atoms with Crippen molar-refractivity contribution in [2.45, 2.75) is 19.3 Å². The van der Waals surface area contributed by atoms with Gasteiger partial charge in [-0.2, -0.15) is 0 Å². The van der Waals surface area contributed by atoms with E-state index in [0.717, 1.165) is 11.3 Å². The van der Waals surface area contributed by atoms with Crippen molar-refractivity contribution >= 4 is 34.0 Å². The molecule has 1 saturated heterocycles. The molecule has 1 atom stereocenters. The number of nitrogens with zero attached hydrogens (tertiary/aromatic N) is 3. The number of benzene rings is 2. The van der Waals surface area contributed by atoms with Crippen LogP contribution in [0.3, 0.4) is 0 Å². The molecule has 1 unspecified atom stereocenters. The lowest BCUT2D eigenvalue weighted by Crippen LogP contribution is -2.25. The molecular weight excluding hydrogens is 379 g/mol. The van der Waals surface area contributed by atoms with Crippen LogP contribution in [0.15, 0.2) is 48.5 Å². The van der Waals surface area contributed by atoms with Crippen molar-refractivity contribution in [3.05, 3.63) is 70.5 Å². The second kappa shape index (κ2) is 7.47. The van der Waals surface area contributed by atoms with E-state index in [2.05, 4.69) is 15.5 Å². The van der Waals surface area contributed by atoms with Crippen LogP contribution in [0, 0.1) is 12.7 Å². The summed E-state index contributed by atoms with van der Waals surface area (Å²) in [5.74, 6) is -0.807. The van der Waals surface area contributed by atoms with Crippen molar-refractivity contribution in [2.24, 2.45) is 0 Å². The predicted molar refractivity (Wildman–Crippen MR) is 105 cm³/mol. The second-order valence-electron chi connectivity index (χ2n) is 6.60. The summed E-state index contributed by atoms with van der Waals surface area (Å²) in [5, 5.41) is 11.9. The highest BCUT2D eigenvalue weighted by Gasteiger charge is 2.34. The molecule has 0 radical (unpaired) electrons. The first-order valence-corrected chi connectivity index (χ1v) is 9.59. The predicted octanol–water partition coefficient (Wildman–Crippen LogP) is 3.76. The van der Waals surface area contributed by atoms with Crippen LogP contribution in [-0.4, -0.2) is 28.6 Å². The molecule has 8 heteroatoms. The van der Waals surface area contributed by atoms with Gasteiger partial charge in [0, 0.05) is 30.1 Å². The molecular formula is C20H17FN4O2S. The van der Waals surface area contributed by atoms with Crippen LogP contribution in [-0.2, 0) is 4.79 Å². The lowest BCUT2D eigenvalue weighted by Gasteiger charge is -2.18. The zero-order valence-electron chi connectivity index (χ0n) is 15.1. The van der Waals surface area contributed by atoms with E-state index >= 15 is 0 Å². The summed E-state index contributed by atoms with van der Waals surface area (Å²) in [4.78, 5) is 26.5. The molecule has 1 fully saturated rings. The Morgan fingerprint density at radius 2 is 1.93 bits per heavy atom. The van der Waals surface area contributed by atoms with Crippen molar-refractivity contribution in [1.82, 2.24) is 10.2 Å². The van der Waals surface area contributed by atoms with Crippen LogP contribution < -0.4 is 10.2 Å². The third kappa shape index (κ3) is 3.63. The molecule has 2 amide bonds. The van der Waals surface area contributed by atoms with Gasteiger partial charge < -0.3 is 4.90 Å². The van der Waals surface area contributed by atoms with Gasteiger partial charge in [-0.15, -0.1) is 10.2 Å². The Morgan fingerprint density at radius 3 is 2.68 bits per heavy atom. The second-order valence-corrected chi connectivity index (χ2v) is 7.61. The number of hydrogen-bond donors (Lipinski definition) is 1. The van der Waals surface area contributed by atoms with Gasteiger partial charge in [-0.05, 0) is 42.8 Å². The largest absolute Gasteiger partial charge is 0.311 e. The number of para-hydroxylation sites is 1. The molecule has 2 heterocycles. The van der Waals surface area contributed by atoms with Gasteiger partial charge in [0.05, 0.1) is 0 Å². The number of aromatic nitrogens is 2. The molecule has 0 saturated carbocycles. The fourth-order valence-corrected chi connectivity index (χ4v) is 4.02. The zero-order chi connectivity index (χ0) is 19.7. The van der Waals surface area contributed by atoms with Crippen LogP contribution in [0.4, 0.5) is 15.2 Å². The summed E-state index contributed by atoms with van der Waals surface area (Å²) in [7, 11) is 0. The molecule has 28 heavy (non-hydrogen) atoms. The molecule has 1 aliphatic rings. The van der Waals surface area contributed by atoms with Crippen molar-refractivity contribution < 1.29 is 14.0 Å². The third-order valence-electron chi connectivity index (χ3n) is 4.65. The van der Waals surface area contributed by atoms with Gasteiger partial charge in [0.1, 0.15) is 10.8 Å². The smallest absolute Gasteiger partial charge is 0.257 e. The molecule has 1 N–H and O–H groups in total. The number of halogens is 1. The molecule has 0 spiro atoms. The van der Waals surface area contributed by atoms with Crippen molar-refractivity contribution in [3.63, 3.8) is 0 Å². The number of amides is 2. The zero-order valence-corrected chi connectivity index (χ0v) is 15.9. The summed E-state index contributed by atoms with van der Waals surface area (Å²) in [6.07, 6.45) is 0.356. The minimum Gasteiger partial charge on any atom is -0.311 e. The summed E-state index contributed by atoms with van der Waals surface area (Å²) < 4.78 is 13.0. The Morgan fingerprint density at radius 1 is 1.18 bits per heavy atom. The Bertz CT molecular complexity index is 1030. The fourth-order valence-electron chi connectivity index (χ4n) is 3.19. The molecule has 1 aliphatic heterocycles. The molecule has 1 aromatic heterocycles. The topological polar surface area (TPSA) is 75.2 Å². The van der Waals surface area contributed by atoms with Crippen LogP contribution in [0.1, 0.15) is 33.3 Å². The van der Waals surface area contributed by atoms with Crippen LogP contribution >= 0.6 is 11.3 Å².